The Morgan fingerprint density at radius 3 is 2.31 bits per heavy atom. The van der Waals surface area contributed by atoms with Gasteiger partial charge < -0.3 is 14.1 Å². The first kappa shape index (κ1) is 21.9. The van der Waals surface area contributed by atoms with Crippen LogP contribution in [0.5, 0.6) is 5.75 Å². The number of rotatable bonds is 5. The van der Waals surface area contributed by atoms with Gasteiger partial charge in [0.2, 0.25) is 0 Å². The minimum absolute atomic E-state index is 0.115. The van der Waals surface area contributed by atoms with Gasteiger partial charge in [0.05, 0.1) is 7.11 Å². The van der Waals surface area contributed by atoms with E-state index in [-0.39, 0.29) is 11.9 Å². The van der Waals surface area contributed by atoms with E-state index in [9.17, 15) is 10.0 Å². The summed E-state index contributed by atoms with van der Waals surface area (Å²) < 4.78 is 11.7. The summed E-state index contributed by atoms with van der Waals surface area (Å²) in [7, 11) is 3.00. The first-order valence-corrected chi connectivity index (χ1v) is 11.0. The summed E-state index contributed by atoms with van der Waals surface area (Å²) in [5.74, 6) is 2.34. The van der Waals surface area contributed by atoms with Crippen LogP contribution in [0.25, 0.3) is 22.6 Å². The number of nitrogens with zero attached hydrogens (tertiary/aromatic N) is 3. The summed E-state index contributed by atoms with van der Waals surface area (Å²) in [5.41, 5.74) is 4.03. The molecule has 0 unspecified atom stereocenters. The minimum atomic E-state index is -0.383. The van der Waals surface area contributed by atoms with Gasteiger partial charge in [-0.05, 0) is 49.1 Å². The smallest absolute Gasteiger partial charge is 0.343 e. The van der Waals surface area contributed by atoms with Gasteiger partial charge in [0.1, 0.15) is 11.4 Å². The van der Waals surface area contributed by atoms with Gasteiger partial charge in [0, 0.05) is 37.2 Å². The second-order valence-corrected chi connectivity index (χ2v) is 8.08. The van der Waals surface area contributed by atoms with Gasteiger partial charge in [-0.3, -0.25) is 5.21 Å². The number of piperidine rings is 1. The maximum absolute atomic E-state index is 12.0. The lowest BCUT2D eigenvalue weighted by atomic mass is 9.97. The molecule has 2 heterocycles. The third-order valence-corrected chi connectivity index (χ3v) is 6.02. The van der Waals surface area contributed by atoms with Crippen LogP contribution in [-0.2, 0) is 6.42 Å². The number of hydrogen-bond acceptors (Lipinski definition) is 5. The topological polar surface area (TPSA) is 79.0 Å². The number of oxazole rings is 1. The summed E-state index contributed by atoms with van der Waals surface area (Å²) in [6.45, 7) is 3.24. The van der Waals surface area contributed by atoms with Crippen LogP contribution in [-0.4, -0.2) is 53.4 Å². The monoisotopic (exact) mass is 435 g/mol. The molecule has 32 heavy (non-hydrogen) atoms. The average Bonchev–Trinajstić information content (AvgIpc) is 3.29. The highest BCUT2D eigenvalue weighted by Crippen LogP contribution is 2.38. The van der Waals surface area contributed by atoms with E-state index in [1.165, 1.54) is 12.6 Å². The molecule has 2 aromatic carbocycles. The molecule has 168 valence electrons. The highest BCUT2D eigenvalue weighted by molar-refractivity contribution is 5.77. The quantitative estimate of drug-likeness (QED) is 0.440. The number of ether oxygens (including phenoxy) is 1. The number of carbonyl (C=O) groups is 1. The number of carbonyl (C=O) groups excluding carboxylic acids is 1. The van der Waals surface area contributed by atoms with E-state index >= 15 is 0 Å². The van der Waals surface area contributed by atoms with E-state index < -0.39 is 0 Å². The van der Waals surface area contributed by atoms with Crippen molar-refractivity contribution in [2.45, 2.75) is 32.1 Å². The minimum Gasteiger partial charge on any atom is -0.497 e. The van der Waals surface area contributed by atoms with Crippen LogP contribution >= 0.6 is 0 Å². The number of hydroxylamine groups is 2. The zero-order chi connectivity index (χ0) is 22.7. The van der Waals surface area contributed by atoms with Gasteiger partial charge in [-0.15, -0.1) is 0 Å². The maximum atomic E-state index is 12.0. The number of likely N-dealkylation sites (tertiary alicyclic amines) is 1. The third kappa shape index (κ3) is 4.48. The number of aromatic nitrogens is 1. The third-order valence-electron chi connectivity index (χ3n) is 6.02. The van der Waals surface area contributed by atoms with Crippen molar-refractivity contribution in [3.8, 4) is 28.3 Å². The zero-order valence-electron chi connectivity index (χ0n) is 18.7. The number of amides is 2. The van der Waals surface area contributed by atoms with E-state index in [0.29, 0.717) is 24.0 Å². The second kappa shape index (κ2) is 9.44. The summed E-state index contributed by atoms with van der Waals surface area (Å²) in [5, 5.41) is 10.1. The lowest BCUT2D eigenvalue weighted by Crippen LogP contribution is -2.43. The van der Waals surface area contributed by atoms with Crippen LogP contribution in [0.3, 0.4) is 0 Å². The molecule has 1 fully saturated rings. The van der Waals surface area contributed by atoms with Crippen LogP contribution in [0.4, 0.5) is 4.79 Å². The maximum Gasteiger partial charge on any atom is 0.343 e. The van der Waals surface area contributed by atoms with Gasteiger partial charge >= 0.3 is 6.03 Å². The van der Waals surface area contributed by atoms with Gasteiger partial charge in [0.25, 0.3) is 0 Å². The van der Waals surface area contributed by atoms with E-state index in [1.807, 2.05) is 24.3 Å². The van der Waals surface area contributed by atoms with E-state index in [1.54, 1.807) is 12.0 Å². The van der Waals surface area contributed by atoms with Crippen LogP contribution in [0.15, 0.2) is 52.9 Å². The molecule has 4 rings (SSSR count). The molecule has 1 aromatic heterocycles. The Morgan fingerprint density at radius 1 is 1.12 bits per heavy atom. The molecule has 0 radical (unpaired) electrons. The molecule has 0 spiro atoms. The normalized spacial score (nSPS) is 14.4. The number of hydrogen-bond donors (Lipinski definition) is 1. The van der Waals surface area contributed by atoms with Crippen LogP contribution in [0, 0.1) is 0 Å². The van der Waals surface area contributed by atoms with E-state index in [2.05, 4.69) is 31.2 Å². The Hall–Kier alpha value is -3.32. The van der Waals surface area contributed by atoms with Crippen molar-refractivity contribution in [2.24, 2.45) is 0 Å². The summed E-state index contributed by atoms with van der Waals surface area (Å²) >= 11 is 0. The molecular formula is C25H29N3O4. The SMILES string of the molecule is CCc1ccc(-c2oc(C3CCN(C(=O)N(C)O)CC3)nc2-c2ccc(OC)cc2)cc1. The number of urea groups is 1. The van der Waals surface area contributed by atoms with Crippen molar-refractivity contribution in [3.63, 3.8) is 0 Å². The predicted octanol–water partition coefficient (Wildman–Crippen LogP) is 5.20. The van der Waals surface area contributed by atoms with Crippen molar-refractivity contribution < 1.29 is 19.2 Å². The fraction of sp³-hybridized carbons (Fsp3) is 0.360. The lowest BCUT2D eigenvalue weighted by Gasteiger charge is -2.31. The zero-order valence-corrected chi connectivity index (χ0v) is 18.7. The van der Waals surface area contributed by atoms with Gasteiger partial charge in [0.15, 0.2) is 11.7 Å². The van der Waals surface area contributed by atoms with Gasteiger partial charge in [-0.1, -0.05) is 31.2 Å². The van der Waals surface area contributed by atoms with E-state index in [0.717, 1.165) is 47.6 Å². The fourth-order valence-electron chi connectivity index (χ4n) is 4.07. The Balaban J connectivity index is 1.65. The fourth-order valence-corrected chi connectivity index (χ4v) is 4.07. The molecule has 7 heteroatoms. The summed E-state index contributed by atoms with van der Waals surface area (Å²) in [4.78, 5) is 18.6. The molecular weight excluding hydrogens is 406 g/mol. The van der Waals surface area contributed by atoms with Crippen molar-refractivity contribution >= 4 is 6.03 Å². The second-order valence-electron chi connectivity index (χ2n) is 8.08. The van der Waals surface area contributed by atoms with Crippen LogP contribution in [0.2, 0.25) is 0 Å². The molecule has 2 amide bonds. The van der Waals surface area contributed by atoms with Gasteiger partial charge in [-0.25, -0.2) is 14.8 Å². The molecule has 0 saturated carbocycles. The molecule has 1 aliphatic heterocycles. The highest BCUT2D eigenvalue weighted by Gasteiger charge is 2.29. The number of aryl methyl sites for hydroxylation is 1. The first-order valence-electron chi connectivity index (χ1n) is 11.0. The van der Waals surface area contributed by atoms with Crippen LogP contribution in [0.1, 0.15) is 37.1 Å². The van der Waals surface area contributed by atoms with Gasteiger partial charge in [-0.2, -0.15) is 0 Å². The number of benzene rings is 2. The van der Waals surface area contributed by atoms with Crippen molar-refractivity contribution in [3.05, 3.63) is 60.0 Å². The molecule has 0 bridgehead atoms. The predicted molar refractivity (Wildman–Crippen MR) is 122 cm³/mol. The van der Waals surface area contributed by atoms with Crippen molar-refractivity contribution in [1.29, 1.82) is 0 Å². The van der Waals surface area contributed by atoms with Crippen molar-refractivity contribution in [1.82, 2.24) is 14.9 Å². The Labute approximate surface area is 188 Å². The first-order chi connectivity index (χ1) is 15.5. The molecule has 3 aromatic rings. The standard InChI is InChI=1S/C25H29N3O4/c1-4-17-5-7-19(8-6-17)23-22(18-9-11-21(31-3)12-10-18)26-24(32-23)20-13-15-28(16-14-20)25(29)27(2)30/h5-12,20,30H,4,13-16H2,1-3H3. The summed E-state index contributed by atoms with van der Waals surface area (Å²) in [6.07, 6.45) is 2.44. The molecule has 1 saturated heterocycles. The molecule has 0 aliphatic carbocycles. The molecule has 1 aliphatic rings. The van der Waals surface area contributed by atoms with E-state index in [4.69, 9.17) is 14.1 Å². The Morgan fingerprint density at radius 2 is 1.75 bits per heavy atom. The Bertz CT molecular complexity index is 985. The lowest BCUT2D eigenvalue weighted by molar-refractivity contribution is -0.0358. The average molecular weight is 436 g/mol. The summed E-state index contributed by atoms with van der Waals surface area (Å²) in [6, 6.07) is 15.8. The number of methoxy groups -OCH3 is 1. The van der Waals surface area contributed by atoms with Crippen molar-refractivity contribution in [2.75, 3.05) is 27.2 Å². The highest BCUT2D eigenvalue weighted by atomic mass is 16.5. The Kier molecular flexibility index (Phi) is 6.46. The molecule has 0 atom stereocenters. The largest absolute Gasteiger partial charge is 0.497 e. The molecule has 1 N–H and O–H groups in total. The van der Waals surface area contributed by atoms with Crippen LogP contribution < -0.4 is 4.74 Å². The molecule has 7 nitrogen and oxygen atoms in total.